The average Bonchev–Trinajstić information content (AvgIpc) is 2.80. The molecule has 1 heterocycles. The minimum atomic E-state index is -1.17. The van der Waals surface area contributed by atoms with Crippen LogP contribution in [0.3, 0.4) is 0 Å². The Hall–Kier alpha value is -2.11. The van der Waals surface area contributed by atoms with Crippen LogP contribution in [0, 0.1) is 5.82 Å². The highest BCUT2D eigenvalue weighted by Gasteiger charge is 2.17. The van der Waals surface area contributed by atoms with Crippen LogP contribution in [0.1, 0.15) is 16.1 Å². The standard InChI is InChI=1S/C15H9Cl2FN2O2/c16-9-2-1-8(12(17)5-9)7-20-13-6-10(18)3-4-11(13)14(19-20)15(21)22/h1-6H,7H2,(H,21,22). The van der Waals surface area contributed by atoms with Crippen LogP contribution in [0.5, 0.6) is 0 Å². The van der Waals surface area contributed by atoms with Crippen molar-refractivity contribution < 1.29 is 14.3 Å². The molecule has 2 aromatic carbocycles. The summed E-state index contributed by atoms with van der Waals surface area (Å²) in [7, 11) is 0. The number of aromatic carboxylic acids is 1. The van der Waals surface area contributed by atoms with Crippen molar-refractivity contribution in [3.63, 3.8) is 0 Å². The number of nitrogens with zero attached hydrogens (tertiary/aromatic N) is 2. The predicted molar refractivity (Wildman–Crippen MR) is 82.2 cm³/mol. The zero-order valence-corrected chi connectivity index (χ0v) is 12.6. The first-order chi connectivity index (χ1) is 10.5. The van der Waals surface area contributed by atoms with Gasteiger partial charge >= 0.3 is 5.97 Å². The Labute approximate surface area is 134 Å². The molecule has 0 bridgehead atoms. The summed E-state index contributed by atoms with van der Waals surface area (Å²) in [4.78, 5) is 11.3. The number of carboxylic acids is 1. The van der Waals surface area contributed by atoms with Crippen molar-refractivity contribution in [2.75, 3.05) is 0 Å². The Morgan fingerprint density at radius 1 is 1.23 bits per heavy atom. The van der Waals surface area contributed by atoms with Gasteiger partial charge in [-0.05, 0) is 35.9 Å². The Bertz CT molecular complexity index is 893. The molecule has 7 heteroatoms. The lowest BCUT2D eigenvalue weighted by Gasteiger charge is -2.06. The third-order valence-electron chi connectivity index (χ3n) is 3.25. The van der Waals surface area contributed by atoms with Gasteiger partial charge in [-0.2, -0.15) is 5.10 Å². The van der Waals surface area contributed by atoms with Crippen LogP contribution in [0.25, 0.3) is 10.9 Å². The van der Waals surface area contributed by atoms with E-state index in [-0.39, 0.29) is 12.2 Å². The molecular weight excluding hydrogens is 330 g/mol. The summed E-state index contributed by atoms with van der Waals surface area (Å²) in [5.41, 5.74) is 0.972. The van der Waals surface area contributed by atoms with Gasteiger partial charge in [-0.15, -0.1) is 0 Å². The lowest BCUT2D eigenvalue weighted by molar-refractivity contribution is 0.0691. The molecule has 1 aromatic heterocycles. The highest BCUT2D eigenvalue weighted by atomic mass is 35.5. The molecule has 0 amide bonds. The van der Waals surface area contributed by atoms with Crippen molar-refractivity contribution in [2.45, 2.75) is 6.54 Å². The highest BCUT2D eigenvalue weighted by molar-refractivity contribution is 6.35. The van der Waals surface area contributed by atoms with Gasteiger partial charge in [-0.25, -0.2) is 9.18 Å². The second-order valence-corrected chi connectivity index (χ2v) is 5.55. The molecule has 3 rings (SSSR count). The molecule has 0 radical (unpaired) electrons. The fourth-order valence-electron chi connectivity index (χ4n) is 2.24. The molecule has 0 spiro atoms. The number of aromatic nitrogens is 2. The lowest BCUT2D eigenvalue weighted by atomic mass is 10.2. The average molecular weight is 339 g/mol. The van der Waals surface area contributed by atoms with E-state index in [1.165, 1.54) is 22.9 Å². The van der Waals surface area contributed by atoms with Gasteiger partial charge in [0.15, 0.2) is 5.69 Å². The number of halogens is 3. The smallest absolute Gasteiger partial charge is 0.357 e. The minimum absolute atomic E-state index is 0.125. The Morgan fingerprint density at radius 3 is 2.68 bits per heavy atom. The Morgan fingerprint density at radius 2 is 2.00 bits per heavy atom. The normalized spacial score (nSPS) is 11.0. The SMILES string of the molecule is O=C(O)c1nn(Cc2ccc(Cl)cc2Cl)c2cc(F)ccc12. The summed E-state index contributed by atoms with van der Waals surface area (Å²) in [5.74, 6) is -1.63. The van der Waals surface area contributed by atoms with Crippen molar-refractivity contribution in [1.29, 1.82) is 0 Å². The van der Waals surface area contributed by atoms with Crippen LogP contribution >= 0.6 is 23.2 Å². The third-order valence-corrected chi connectivity index (χ3v) is 3.84. The largest absolute Gasteiger partial charge is 0.476 e. The van der Waals surface area contributed by atoms with E-state index in [0.717, 1.165) is 0 Å². The lowest BCUT2D eigenvalue weighted by Crippen LogP contribution is -2.05. The monoisotopic (exact) mass is 338 g/mol. The molecule has 4 nitrogen and oxygen atoms in total. The fraction of sp³-hybridized carbons (Fsp3) is 0.0667. The molecular formula is C15H9Cl2FN2O2. The van der Waals surface area contributed by atoms with Crippen molar-refractivity contribution in [2.24, 2.45) is 0 Å². The summed E-state index contributed by atoms with van der Waals surface area (Å²) >= 11 is 12.0. The Balaban J connectivity index is 2.14. The fourth-order valence-corrected chi connectivity index (χ4v) is 2.71. The number of carbonyl (C=O) groups is 1. The number of rotatable bonds is 3. The summed E-state index contributed by atoms with van der Waals surface area (Å²) < 4.78 is 14.9. The van der Waals surface area contributed by atoms with Gasteiger partial charge in [0.05, 0.1) is 12.1 Å². The molecule has 0 aliphatic carbocycles. The van der Waals surface area contributed by atoms with Crippen molar-refractivity contribution in [3.8, 4) is 0 Å². The maximum absolute atomic E-state index is 13.5. The summed E-state index contributed by atoms with van der Waals surface area (Å²) in [6.45, 7) is 0.212. The van der Waals surface area contributed by atoms with Crippen LogP contribution in [0.15, 0.2) is 36.4 Å². The number of hydrogen-bond acceptors (Lipinski definition) is 2. The van der Waals surface area contributed by atoms with Crippen LogP contribution in [-0.4, -0.2) is 20.9 Å². The number of benzene rings is 2. The number of hydrogen-bond donors (Lipinski definition) is 1. The van der Waals surface area contributed by atoms with Crippen molar-refractivity contribution in [3.05, 3.63) is 63.5 Å². The van der Waals surface area contributed by atoms with E-state index in [4.69, 9.17) is 23.2 Å². The molecule has 0 atom stereocenters. The third kappa shape index (κ3) is 2.65. The first kappa shape index (κ1) is 14.8. The molecule has 3 aromatic rings. The molecule has 0 saturated carbocycles. The van der Waals surface area contributed by atoms with E-state index in [0.29, 0.717) is 26.5 Å². The van der Waals surface area contributed by atoms with E-state index in [1.807, 2.05) is 0 Å². The van der Waals surface area contributed by atoms with Gasteiger partial charge in [0.25, 0.3) is 0 Å². The molecule has 0 aliphatic heterocycles. The zero-order valence-electron chi connectivity index (χ0n) is 11.1. The van der Waals surface area contributed by atoms with Crippen LogP contribution < -0.4 is 0 Å². The molecule has 0 saturated heterocycles. The first-order valence-electron chi connectivity index (χ1n) is 6.29. The van der Waals surface area contributed by atoms with Gasteiger partial charge in [0.1, 0.15) is 5.82 Å². The summed E-state index contributed by atoms with van der Waals surface area (Å²) in [5, 5.41) is 14.6. The predicted octanol–water partition coefficient (Wildman–Crippen LogP) is 4.23. The zero-order chi connectivity index (χ0) is 15.9. The molecule has 22 heavy (non-hydrogen) atoms. The Kier molecular flexibility index (Phi) is 3.76. The van der Waals surface area contributed by atoms with E-state index in [2.05, 4.69) is 5.10 Å². The molecule has 112 valence electrons. The van der Waals surface area contributed by atoms with E-state index in [1.54, 1.807) is 18.2 Å². The second kappa shape index (κ2) is 5.59. The van der Waals surface area contributed by atoms with E-state index < -0.39 is 11.8 Å². The van der Waals surface area contributed by atoms with Gasteiger partial charge in [0, 0.05) is 15.4 Å². The van der Waals surface area contributed by atoms with Crippen LogP contribution in [0.2, 0.25) is 10.0 Å². The number of carboxylic acid groups (broad SMARTS) is 1. The summed E-state index contributed by atoms with van der Waals surface area (Å²) in [6, 6.07) is 8.84. The molecule has 1 N–H and O–H groups in total. The number of fused-ring (bicyclic) bond motifs is 1. The molecule has 0 fully saturated rings. The topological polar surface area (TPSA) is 55.1 Å². The van der Waals surface area contributed by atoms with Gasteiger partial charge in [0.2, 0.25) is 0 Å². The van der Waals surface area contributed by atoms with E-state index >= 15 is 0 Å². The quantitative estimate of drug-likeness (QED) is 0.777. The van der Waals surface area contributed by atoms with Gasteiger partial charge < -0.3 is 5.11 Å². The van der Waals surface area contributed by atoms with E-state index in [9.17, 15) is 14.3 Å². The van der Waals surface area contributed by atoms with Crippen LogP contribution in [-0.2, 0) is 6.54 Å². The highest BCUT2D eigenvalue weighted by Crippen LogP contribution is 2.25. The first-order valence-corrected chi connectivity index (χ1v) is 7.04. The van der Waals surface area contributed by atoms with Crippen molar-refractivity contribution in [1.82, 2.24) is 9.78 Å². The van der Waals surface area contributed by atoms with Gasteiger partial charge in [-0.1, -0.05) is 29.3 Å². The minimum Gasteiger partial charge on any atom is -0.476 e. The maximum atomic E-state index is 13.5. The maximum Gasteiger partial charge on any atom is 0.357 e. The summed E-state index contributed by atoms with van der Waals surface area (Å²) in [6.07, 6.45) is 0. The molecule has 0 unspecified atom stereocenters. The van der Waals surface area contributed by atoms with Crippen molar-refractivity contribution >= 4 is 40.1 Å². The molecule has 0 aliphatic rings. The second-order valence-electron chi connectivity index (χ2n) is 4.71. The van der Waals surface area contributed by atoms with Gasteiger partial charge in [-0.3, -0.25) is 4.68 Å². The van der Waals surface area contributed by atoms with Crippen LogP contribution in [0.4, 0.5) is 4.39 Å².